The number of nitrogens with zero attached hydrogens (tertiary/aromatic N) is 1. The van der Waals surface area contributed by atoms with Gasteiger partial charge in [0.25, 0.3) is 0 Å². The van der Waals surface area contributed by atoms with Gasteiger partial charge in [0.2, 0.25) is 5.91 Å². The average molecular weight is 220 g/mol. The maximum absolute atomic E-state index is 12.0. The number of hydrogen-bond donors (Lipinski definition) is 1. The number of para-hydroxylation sites is 1. The lowest BCUT2D eigenvalue weighted by Gasteiger charge is -2.24. The van der Waals surface area contributed by atoms with Crippen LogP contribution in [0.1, 0.15) is 20.8 Å². The molecule has 0 saturated heterocycles. The van der Waals surface area contributed by atoms with E-state index in [1.165, 1.54) is 0 Å². The predicted octanol–water partition coefficient (Wildman–Crippen LogP) is 2.36. The summed E-state index contributed by atoms with van der Waals surface area (Å²) in [7, 11) is 0. The van der Waals surface area contributed by atoms with Crippen LogP contribution in [0.15, 0.2) is 30.3 Å². The number of amides is 1. The van der Waals surface area contributed by atoms with Crippen molar-refractivity contribution < 1.29 is 4.79 Å². The van der Waals surface area contributed by atoms with Gasteiger partial charge in [-0.15, -0.1) is 0 Å². The van der Waals surface area contributed by atoms with Gasteiger partial charge in [-0.1, -0.05) is 18.2 Å². The van der Waals surface area contributed by atoms with Gasteiger partial charge in [0.15, 0.2) is 0 Å². The van der Waals surface area contributed by atoms with Crippen molar-refractivity contribution in [1.29, 1.82) is 0 Å². The highest BCUT2D eigenvalue weighted by Gasteiger charge is 2.17. The van der Waals surface area contributed by atoms with Crippen LogP contribution in [0.3, 0.4) is 0 Å². The molecule has 0 aliphatic rings. The van der Waals surface area contributed by atoms with E-state index in [9.17, 15) is 4.79 Å². The van der Waals surface area contributed by atoms with Gasteiger partial charge < -0.3 is 10.2 Å². The van der Waals surface area contributed by atoms with Gasteiger partial charge in [-0.05, 0) is 32.9 Å². The Balaban J connectivity index is 2.58. The van der Waals surface area contributed by atoms with Gasteiger partial charge in [-0.2, -0.15) is 0 Å². The average Bonchev–Trinajstić information content (AvgIpc) is 2.31. The van der Waals surface area contributed by atoms with Crippen LogP contribution in [-0.2, 0) is 4.79 Å². The molecule has 1 aromatic rings. The highest BCUT2D eigenvalue weighted by atomic mass is 16.2. The van der Waals surface area contributed by atoms with Gasteiger partial charge >= 0.3 is 0 Å². The van der Waals surface area contributed by atoms with Gasteiger partial charge in [0, 0.05) is 18.8 Å². The minimum Gasteiger partial charge on any atom is -0.374 e. The standard InChI is InChI=1S/C13H20N2O/c1-4-15(5-2)13(16)11(3)14-12-9-7-6-8-10-12/h6-11,14H,4-5H2,1-3H3/t11-/m1/s1. The van der Waals surface area contributed by atoms with Crippen LogP contribution in [0, 0.1) is 0 Å². The fourth-order valence-corrected chi connectivity index (χ4v) is 1.66. The fraction of sp³-hybridized carbons (Fsp3) is 0.462. The number of rotatable bonds is 5. The van der Waals surface area contributed by atoms with Crippen molar-refractivity contribution in [2.45, 2.75) is 26.8 Å². The Labute approximate surface area is 97.5 Å². The SMILES string of the molecule is CCN(CC)C(=O)[C@@H](C)Nc1ccccc1. The summed E-state index contributed by atoms with van der Waals surface area (Å²) < 4.78 is 0. The highest BCUT2D eigenvalue weighted by molar-refractivity contribution is 5.84. The van der Waals surface area contributed by atoms with E-state index in [0.29, 0.717) is 0 Å². The summed E-state index contributed by atoms with van der Waals surface area (Å²) in [6, 6.07) is 9.62. The summed E-state index contributed by atoms with van der Waals surface area (Å²) >= 11 is 0. The Hall–Kier alpha value is -1.51. The van der Waals surface area contributed by atoms with E-state index < -0.39 is 0 Å². The van der Waals surface area contributed by atoms with Crippen LogP contribution < -0.4 is 5.32 Å². The van der Waals surface area contributed by atoms with Gasteiger partial charge in [0.1, 0.15) is 6.04 Å². The minimum absolute atomic E-state index is 0.147. The molecule has 1 atom stereocenters. The van der Waals surface area contributed by atoms with Crippen molar-refractivity contribution in [2.75, 3.05) is 18.4 Å². The topological polar surface area (TPSA) is 32.3 Å². The van der Waals surface area contributed by atoms with Gasteiger partial charge in [0.05, 0.1) is 0 Å². The molecule has 0 saturated carbocycles. The van der Waals surface area contributed by atoms with Crippen molar-refractivity contribution in [3.05, 3.63) is 30.3 Å². The van der Waals surface area contributed by atoms with E-state index in [0.717, 1.165) is 18.8 Å². The number of hydrogen-bond acceptors (Lipinski definition) is 2. The molecule has 1 rings (SSSR count). The van der Waals surface area contributed by atoms with Crippen LogP contribution in [-0.4, -0.2) is 29.9 Å². The van der Waals surface area contributed by atoms with Crippen LogP contribution in [0.25, 0.3) is 0 Å². The van der Waals surface area contributed by atoms with Crippen molar-refractivity contribution in [2.24, 2.45) is 0 Å². The monoisotopic (exact) mass is 220 g/mol. The lowest BCUT2D eigenvalue weighted by Crippen LogP contribution is -2.41. The molecule has 1 N–H and O–H groups in total. The van der Waals surface area contributed by atoms with Crippen molar-refractivity contribution in [3.63, 3.8) is 0 Å². The lowest BCUT2D eigenvalue weighted by molar-refractivity contribution is -0.131. The largest absolute Gasteiger partial charge is 0.374 e. The molecule has 0 radical (unpaired) electrons. The quantitative estimate of drug-likeness (QED) is 0.826. The number of carbonyl (C=O) groups excluding carboxylic acids is 1. The van der Waals surface area contributed by atoms with Crippen molar-refractivity contribution in [1.82, 2.24) is 4.90 Å². The molecular formula is C13H20N2O. The number of anilines is 1. The Morgan fingerprint density at radius 3 is 2.31 bits per heavy atom. The second kappa shape index (κ2) is 6.16. The van der Waals surface area contributed by atoms with Crippen LogP contribution in [0.4, 0.5) is 5.69 Å². The Morgan fingerprint density at radius 1 is 1.25 bits per heavy atom. The molecule has 0 bridgehead atoms. The zero-order valence-electron chi connectivity index (χ0n) is 10.2. The first kappa shape index (κ1) is 12.6. The summed E-state index contributed by atoms with van der Waals surface area (Å²) in [5.74, 6) is 0.147. The van der Waals surface area contributed by atoms with Crippen LogP contribution >= 0.6 is 0 Å². The predicted molar refractivity (Wildman–Crippen MR) is 67.5 cm³/mol. The molecule has 0 aliphatic carbocycles. The summed E-state index contributed by atoms with van der Waals surface area (Å²) in [6.45, 7) is 7.41. The third-order valence-electron chi connectivity index (χ3n) is 2.60. The van der Waals surface area contributed by atoms with E-state index in [2.05, 4.69) is 5.32 Å². The molecular weight excluding hydrogens is 200 g/mol. The number of benzene rings is 1. The number of carbonyl (C=O) groups is 1. The third kappa shape index (κ3) is 3.26. The Kier molecular flexibility index (Phi) is 4.83. The zero-order chi connectivity index (χ0) is 12.0. The molecule has 3 nitrogen and oxygen atoms in total. The molecule has 1 amide bonds. The second-order valence-electron chi connectivity index (χ2n) is 3.74. The molecule has 16 heavy (non-hydrogen) atoms. The molecule has 3 heteroatoms. The smallest absolute Gasteiger partial charge is 0.244 e. The first-order valence-electron chi connectivity index (χ1n) is 5.79. The molecule has 0 fully saturated rings. The van der Waals surface area contributed by atoms with Crippen molar-refractivity contribution >= 4 is 11.6 Å². The summed E-state index contributed by atoms with van der Waals surface area (Å²) in [6.07, 6.45) is 0. The minimum atomic E-state index is -0.178. The zero-order valence-corrected chi connectivity index (χ0v) is 10.2. The number of nitrogens with one attached hydrogen (secondary N) is 1. The normalized spacial score (nSPS) is 11.9. The third-order valence-corrected chi connectivity index (χ3v) is 2.60. The lowest BCUT2D eigenvalue weighted by atomic mass is 10.2. The molecule has 1 aromatic carbocycles. The van der Waals surface area contributed by atoms with Crippen LogP contribution in [0.5, 0.6) is 0 Å². The van der Waals surface area contributed by atoms with Crippen molar-refractivity contribution in [3.8, 4) is 0 Å². The molecule has 88 valence electrons. The molecule has 0 spiro atoms. The fourth-order valence-electron chi connectivity index (χ4n) is 1.66. The van der Waals surface area contributed by atoms with E-state index in [1.807, 2.05) is 56.0 Å². The first-order valence-corrected chi connectivity index (χ1v) is 5.79. The van der Waals surface area contributed by atoms with E-state index >= 15 is 0 Å². The van der Waals surface area contributed by atoms with E-state index in [-0.39, 0.29) is 11.9 Å². The highest BCUT2D eigenvalue weighted by Crippen LogP contribution is 2.08. The maximum atomic E-state index is 12.0. The maximum Gasteiger partial charge on any atom is 0.244 e. The molecule has 0 unspecified atom stereocenters. The molecule has 0 aromatic heterocycles. The first-order chi connectivity index (χ1) is 7.69. The Morgan fingerprint density at radius 2 is 1.81 bits per heavy atom. The second-order valence-corrected chi connectivity index (χ2v) is 3.74. The van der Waals surface area contributed by atoms with E-state index in [1.54, 1.807) is 0 Å². The van der Waals surface area contributed by atoms with Crippen LogP contribution in [0.2, 0.25) is 0 Å². The van der Waals surface area contributed by atoms with E-state index in [4.69, 9.17) is 0 Å². The van der Waals surface area contributed by atoms with Gasteiger partial charge in [-0.25, -0.2) is 0 Å². The molecule has 0 heterocycles. The summed E-state index contributed by atoms with van der Waals surface area (Å²) in [4.78, 5) is 13.8. The molecule has 0 aliphatic heterocycles. The summed E-state index contributed by atoms with van der Waals surface area (Å²) in [5, 5.41) is 3.20. The summed E-state index contributed by atoms with van der Waals surface area (Å²) in [5.41, 5.74) is 0.982. The Bertz CT molecular complexity index is 320. The number of likely N-dealkylation sites (N-methyl/N-ethyl adjacent to an activating group) is 1. The van der Waals surface area contributed by atoms with Gasteiger partial charge in [-0.3, -0.25) is 4.79 Å².